The third kappa shape index (κ3) is 1.50. The third-order valence-corrected chi connectivity index (χ3v) is 4.10. The first-order chi connectivity index (χ1) is 7.05. The minimum atomic E-state index is 0.0271. The lowest BCUT2D eigenvalue weighted by Gasteiger charge is -2.18. The van der Waals surface area contributed by atoms with Gasteiger partial charge in [0, 0.05) is 5.41 Å². The van der Waals surface area contributed by atoms with Crippen molar-refractivity contribution in [3.05, 3.63) is 35.4 Å². The van der Waals surface area contributed by atoms with Crippen molar-refractivity contribution >= 4 is 0 Å². The molecule has 0 heterocycles. The van der Waals surface area contributed by atoms with E-state index in [-0.39, 0.29) is 17.4 Å². The fourth-order valence-corrected chi connectivity index (χ4v) is 2.62. The molecule has 0 amide bonds. The number of hydrogen-bond donors (Lipinski definition) is 1. The van der Waals surface area contributed by atoms with E-state index in [1.165, 1.54) is 11.1 Å². The van der Waals surface area contributed by atoms with Crippen molar-refractivity contribution in [1.29, 1.82) is 0 Å². The van der Waals surface area contributed by atoms with E-state index in [0.29, 0.717) is 0 Å². The van der Waals surface area contributed by atoms with Crippen molar-refractivity contribution in [1.82, 2.24) is 0 Å². The summed E-state index contributed by atoms with van der Waals surface area (Å²) in [6.45, 7) is 6.90. The molecule has 0 bridgehead atoms. The van der Waals surface area contributed by atoms with Crippen LogP contribution in [0.3, 0.4) is 0 Å². The second-order valence-corrected chi connectivity index (χ2v) is 5.35. The van der Waals surface area contributed by atoms with Gasteiger partial charge >= 0.3 is 0 Å². The third-order valence-electron chi connectivity index (χ3n) is 4.10. The second-order valence-electron chi connectivity index (χ2n) is 5.35. The molecule has 1 atom stereocenters. The lowest BCUT2D eigenvalue weighted by molar-refractivity contribution is 0.231. The summed E-state index contributed by atoms with van der Waals surface area (Å²) in [6, 6.07) is 8.73. The maximum Gasteiger partial charge on any atom is 0.0533 e. The lowest BCUT2D eigenvalue weighted by Crippen LogP contribution is -2.19. The van der Waals surface area contributed by atoms with Crippen LogP contribution < -0.4 is 0 Å². The summed E-state index contributed by atoms with van der Waals surface area (Å²) < 4.78 is 0. The Morgan fingerprint density at radius 3 is 2.07 bits per heavy atom. The van der Waals surface area contributed by atoms with E-state index in [4.69, 9.17) is 0 Å². The molecule has 0 aliphatic heterocycles. The Morgan fingerprint density at radius 1 is 1.20 bits per heavy atom. The highest BCUT2D eigenvalue weighted by atomic mass is 16.3. The van der Waals surface area contributed by atoms with Crippen LogP contribution in [-0.2, 0) is 11.8 Å². The van der Waals surface area contributed by atoms with Crippen molar-refractivity contribution in [2.24, 2.45) is 5.41 Å². The van der Waals surface area contributed by atoms with Gasteiger partial charge in [0.2, 0.25) is 0 Å². The Hall–Kier alpha value is -0.820. The fourth-order valence-electron chi connectivity index (χ4n) is 2.62. The zero-order valence-corrected chi connectivity index (χ0v) is 9.88. The maximum absolute atomic E-state index is 9.57. The first kappa shape index (κ1) is 10.7. The molecule has 1 unspecified atom stereocenters. The number of benzene rings is 1. The highest BCUT2D eigenvalue weighted by molar-refractivity contribution is 5.38. The van der Waals surface area contributed by atoms with Gasteiger partial charge in [0.05, 0.1) is 6.61 Å². The Morgan fingerprint density at radius 2 is 1.73 bits per heavy atom. The SMILES string of the molecule is CCc1ccc(C2(CO)CC2(C)C)cc1. The molecular weight excluding hydrogens is 184 g/mol. The van der Waals surface area contributed by atoms with Crippen molar-refractivity contribution in [3.8, 4) is 0 Å². The summed E-state index contributed by atoms with van der Waals surface area (Å²) in [7, 11) is 0. The molecule has 0 saturated heterocycles. The van der Waals surface area contributed by atoms with Gasteiger partial charge < -0.3 is 5.11 Å². The van der Waals surface area contributed by atoms with E-state index in [1.54, 1.807) is 0 Å². The minimum absolute atomic E-state index is 0.0271. The molecule has 1 N–H and O–H groups in total. The molecule has 0 spiro atoms. The largest absolute Gasteiger partial charge is 0.395 e. The van der Waals surface area contributed by atoms with Crippen LogP contribution in [0.15, 0.2) is 24.3 Å². The van der Waals surface area contributed by atoms with E-state index in [9.17, 15) is 5.11 Å². The zero-order valence-electron chi connectivity index (χ0n) is 9.88. The van der Waals surface area contributed by atoms with Gasteiger partial charge in [-0.3, -0.25) is 0 Å². The molecular formula is C14H20O. The Balaban J connectivity index is 2.30. The van der Waals surface area contributed by atoms with Crippen molar-refractivity contribution in [2.75, 3.05) is 6.61 Å². The predicted octanol–water partition coefficient (Wildman–Crippen LogP) is 2.91. The molecule has 1 heteroatoms. The fraction of sp³-hybridized carbons (Fsp3) is 0.571. The molecule has 1 fully saturated rings. The summed E-state index contributed by atoms with van der Waals surface area (Å²) in [6.07, 6.45) is 2.18. The van der Waals surface area contributed by atoms with Gasteiger partial charge in [-0.05, 0) is 29.4 Å². The van der Waals surface area contributed by atoms with Crippen LogP contribution in [0.4, 0.5) is 0 Å². The second kappa shape index (κ2) is 3.34. The molecule has 1 aliphatic rings. The van der Waals surface area contributed by atoms with Crippen LogP contribution in [0.5, 0.6) is 0 Å². The topological polar surface area (TPSA) is 20.2 Å². The van der Waals surface area contributed by atoms with Crippen LogP contribution in [-0.4, -0.2) is 11.7 Å². The number of hydrogen-bond acceptors (Lipinski definition) is 1. The normalized spacial score (nSPS) is 27.7. The molecule has 0 aromatic heterocycles. The summed E-state index contributed by atoms with van der Waals surface area (Å²) in [4.78, 5) is 0. The average Bonchev–Trinajstić information content (AvgIpc) is 2.82. The van der Waals surface area contributed by atoms with Crippen molar-refractivity contribution < 1.29 is 5.11 Å². The van der Waals surface area contributed by atoms with E-state index >= 15 is 0 Å². The van der Waals surface area contributed by atoms with E-state index in [0.717, 1.165) is 12.8 Å². The van der Waals surface area contributed by atoms with Crippen LogP contribution in [0, 0.1) is 5.41 Å². The number of aliphatic hydroxyl groups excluding tert-OH is 1. The predicted molar refractivity (Wildman–Crippen MR) is 63.0 cm³/mol. The summed E-state index contributed by atoms with van der Waals surface area (Å²) in [5, 5.41) is 9.57. The van der Waals surface area contributed by atoms with Crippen LogP contribution in [0.25, 0.3) is 0 Å². The van der Waals surface area contributed by atoms with Gasteiger partial charge in [0.1, 0.15) is 0 Å². The molecule has 1 aromatic carbocycles. The Kier molecular flexibility index (Phi) is 2.38. The zero-order chi connectivity index (χ0) is 11.1. The van der Waals surface area contributed by atoms with Crippen LogP contribution in [0.2, 0.25) is 0 Å². The molecule has 0 radical (unpaired) electrons. The molecule has 82 valence electrons. The highest BCUT2D eigenvalue weighted by Crippen LogP contribution is 2.63. The van der Waals surface area contributed by atoms with Gasteiger partial charge in [-0.2, -0.15) is 0 Å². The molecule has 1 nitrogen and oxygen atoms in total. The van der Waals surface area contributed by atoms with E-state index < -0.39 is 0 Å². The highest BCUT2D eigenvalue weighted by Gasteiger charge is 2.61. The number of aliphatic hydroxyl groups is 1. The first-order valence-electron chi connectivity index (χ1n) is 5.76. The monoisotopic (exact) mass is 204 g/mol. The smallest absolute Gasteiger partial charge is 0.0533 e. The summed E-state index contributed by atoms with van der Waals surface area (Å²) in [5.74, 6) is 0. The van der Waals surface area contributed by atoms with E-state index in [1.807, 2.05) is 0 Å². The molecule has 2 rings (SSSR count). The quantitative estimate of drug-likeness (QED) is 0.802. The first-order valence-corrected chi connectivity index (χ1v) is 5.76. The van der Waals surface area contributed by atoms with E-state index in [2.05, 4.69) is 45.0 Å². The molecule has 1 aliphatic carbocycles. The van der Waals surface area contributed by atoms with Crippen molar-refractivity contribution in [2.45, 2.75) is 39.0 Å². The summed E-state index contributed by atoms with van der Waals surface area (Å²) >= 11 is 0. The maximum atomic E-state index is 9.57. The van der Waals surface area contributed by atoms with Gasteiger partial charge in [-0.1, -0.05) is 45.0 Å². The van der Waals surface area contributed by atoms with Crippen molar-refractivity contribution in [3.63, 3.8) is 0 Å². The van der Waals surface area contributed by atoms with Crippen LogP contribution in [0.1, 0.15) is 38.3 Å². The lowest BCUT2D eigenvalue weighted by atomic mass is 9.88. The van der Waals surface area contributed by atoms with Crippen LogP contribution >= 0.6 is 0 Å². The minimum Gasteiger partial charge on any atom is -0.395 e. The molecule has 1 aromatic rings. The molecule has 1 saturated carbocycles. The van der Waals surface area contributed by atoms with Gasteiger partial charge in [0.15, 0.2) is 0 Å². The standard InChI is InChI=1S/C14H20O/c1-4-11-5-7-12(8-6-11)14(10-15)9-13(14,2)3/h5-8,15H,4,9-10H2,1-3H3. The van der Waals surface area contributed by atoms with Gasteiger partial charge in [-0.15, -0.1) is 0 Å². The van der Waals surface area contributed by atoms with Gasteiger partial charge in [-0.25, -0.2) is 0 Å². The number of rotatable bonds is 3. The summed E-state index contributed by atoms with van der Waals surface area (Å²) in [5.41, 5.74) is 2.95. The number of aryl methyl sites for hydroxylation is 1. The average molecular weight is 204 g/mol. The van der Waals surface area contributed by atoms with Gasteiger partial charge in [0.25, 0.3) is 0 Å². The Bertz CT molecular complexity index is 350. The molecule has 15 heavy (non-hydrogen) atoms. The Labute approximate surface area is 92.1 Å².